The van der Waals surface area contributed by atoms with Gasteiger partial charge < -0.3 is 20.6 Å². The van der Waals surface area contributed by atoms with Crippen LogP contribution in [0.2, 0.25) is 0 Å². The van der Waals surface area contributed by atoms with E-state index in [1.165, 1.54) is 12.8 Å². The average molecular weight is 397 g/mol. The third-order valence-corrected chi connectivity index (χ3v) is 5.35. The number of hydrogen-bond donors (Lipinski definition) is 3. The number of nitrogens with one attached hydrogen (secondary N) is 2. The Morgan fingerprint density at radius 1 is 1.24 bits per heavy atom. The van der Waals surface area contributed by atoms with Gasteiger partial charge in [0.05, 0.1) is 11.7 Å². The summed E-state index contributed by atoms with van der Waals surface area (Å²) >= 11 is 0. The zero-order valence-corrected chi connectivity index (χ0v) is 17.4. The molecule has 156 valence electrons. The summed E-state index contributed by atoms with van der Waals surface area (Å²) in [6.45, 7) is 6.50. The second kappa shape index (κ2) is 10.3. The number of carbonyl (C=O) groups is 1. The van der Waals surface area contributed by atoms with Gasteiger partial charge in [-0.05, 0) is 56.5 Å². The van der Waals surface area contributed by atoms with Crippen LogP contribution in [0.3, 0.4) is 0 Å². The summed E-state index contributed by atoms with van der Waals surface area (Å²) in [6, 6.07) is 11.1. The second-order valence-corrected chi connectivity index (χ2v) is 7.73. The molecule has 3 rings (SSSR count). The molecule has 1 atom stereocenters. The van der Waals surface area contributed by atoms with E-state index in [1.54, 1.807) is 12.1 Å². The molecule has 3 N–H and O–H groups in total. The molecule has 1 aromatic heterocycles. The van der Waals surface area contributed by atoms with E-state index in [1.807, 2.05) is 25.1 Å². The molecule has 0 spiro atoms. The van der Waals surface area contributed by atoms with E-state index in [-0.39, 0.29) is 17.7 Å². The maximum absolute atomic E-state index is 13.0. The molecule has 6 heteroatoms. The van der Waals surface area contributed by atoms with E-state index in [4.69, 9.17) is 0 Å². The molecular formula is C23H32N4O2. The van der Waals surface area contributed by atoms with Crippen molar-refractivity contribution >= 4 is 17.3 Å². The predicted molar refractivity (Wildman–Crippen MR) is 117 cm³/mol. The summed E-state index contributed by atoms with van der Waals surface area (Å²) < 4.78 is 0. The van der Waals surface area contributed by atoms with Gasteiger partial charge in [-0.1, -0.05) is 25.8 Å². The molecule has 0 saturated carbocycles. The first-order valence-electron chi connectivity index (χ1n) is 10.6. The highest BCUT2D eigenvalue weighted by atomic mass is 16.3. The second-order valence-electron chi connectivity index (χ2n) is 7.73. The number of amides is 1. The molecule has 1 unspecified atom stereocenters. The quantitative estimate of drug-likeness (QED) is 0.598. The van der Waals surface area contributed by atoms with E-state index >= 15 is 0 Å². The molecule has 1 saturated heterocycles. The molecule has 0 aliphatic carbocycles. The van der Waals surface area contributed by atoms with Crippen LogP contribution in [0.1, 0.15) is 50.4 Å². The van der Waals surface area contributed by atoms with Gasteiger partial charge in [0.15, 0.2) is 0 Å². The fourth-order valence-electron chi connectivity index (χ4n) is 3.67. The van der Waals surface area contributed by atoms with Crippen LogP contribution in [0.25, 0.3) is 0 Å². The van der Waals surface area contributed by atoms with Crippen LogP contribution < -0.4 is 15.5 Å². The fourth-order valence-corrected chi connectivity index (χ4v) is 3.67. The van der Waals surface area contributed by atoms with Crippen LogP contribution >= 0.6 is 0 Å². The summed E-state index contributed by atoms with van der Waals surface area (Å²) in [5, 5.41) is 16.4. The Balaban J connectivity index is 1.65. The smallest absolute Gasteiger partial charge is 0.241 e. The first kappa shape index (κ1) is 21.1. The van der Waals surface area contributed by atoms with Crippen LogP contribution in [0.4, 0.5) is 11.4 Å². The third kappa shape index (κ3) is 5.94. The van der Waals surface area contributed by atoms with Gasteiger partial charge in [0.1, 0.15) is 5.75 Å². The number of carbonyl (C=O) groups excluding carboxylic acids is 1. The topological polar surface area (TPSA) is 77.5 Å². The van der Waals surface area contributed by atoms with Crippen molar-refractivity contribution in [2.24, 2.45) is 0 Å². The van der Waals surface area contributed by atoms with Gasteiger partial charge in [0, 0.05) is 36.7 Å². The Bertz CT molecular complexity index is 818. The van der Waals surface area contributed by atoms with Gasteiger partial charge in [-0.25, -0.2) is 0 Å². The molecule has 2 heterocycles. The van der Waals surface area contributed by atoms with Crippen LogP contribution in [0.5, 0.6) is 5.75 Å². The zero-order chi connectivity index (χ0) is 20.6. The summed E-state index contributed by atoms with van der Waals surface area (Å²) in [5.74, 6) is 0.0974. The van der Waals surface area contributed by atoms with E-state index in [2.05, 4.69) is 33.5 Å². The number of nitrogens with zero attached hydrogens (tertiary/aromatic N) is 2. The van der Waals surface area contributed by atoms with Crippen molar-refractivity contribution in [3.63, 3.8) is 0 Å². The van der Waals surface area contributed by atoms with Crippen molar-refractivity contribution in [3.8, 4) is 5.75 Å². The highest BCUT2D eigenvalue weighted by Gasteiger charge is 2.19. The minimum absolute atomic E-state index is 0.0517. The molecule has 1 fully saturated rings. The zero-order valence-electron chi connectivity index (χ0n) is 17.4. The standard InChI is InChI=1S/C23H32N4O2/c1-3-4-10-20(24-16-21-22(28)12-11-17(2)25-21)23(29)26-18-8-7-9-19(15-18)27-13-5-6-14-27/h7-9,11-12,15,20,24,28H,3-6,10,13-14,16H2,1-2H3,(H,26,29). The van der Waals surface area contributed by atoms with Gasteiger partial charge in [-0.2, -0.15) is 0 Å². The SMILES string of the molecule is CCCCC(NCc1nc(C)ccc1O)C(=O)Nc1cccc(N2CCCC2)c1. The Hall–Kier alpha value is -2.60. The molecule has 1 aliphatic rings. The number of rotatable bonds is 9. The van der Waals surface area contributed by atoms with E-state index < -0.39 is 0 Å². The summed E-state index contributed by atoms with van der Waals surface area (Å²) in [4.78, 5) is 19.7. The van der Waals surface area contributed by atoms with Gasteiger partial charge in [0.25, 0.3) is 0 Å². The number of aromatic nitrogens is 1. The van der Waals surface area contributed by atoms with Crippen molar-refractivity contribution in [1.82, 2.24) is 10.3 Å². The number of unbranched alkanes of at least 4 members (excludes halogenated alkanes) is 1. The molecule has 6 nitrogen and oxygen atoms in total. The van der Waals surface area contributed by atoms with Crippen molar-refractivity contribution in [2.45, 2.75) is 58.5 Å². The number of hydrogen-bond acceptors (Lipinski definition) is 5. The molecule has 1 aromatic carbocycles. The monoisotopic (exact) mass is 396 g/mol. The lowest BCUT2D eigenvalue weighted by atomic mass is 10.1. The maximum Gasteiger partial charge on any atom is 0.241 e. The van der Waals surface area contributed by atoms with Crippen LogP contribution in [0.15, 0.2) is 36.4 Å². The largest absolute Gasteiger partial charge is 0.506 e. The van der Waals surface area contributed by atoms with Crippen molar-refractivity contribution in [1.29, 1.82) is 0 Å². The molecule has 29 heavy (non-hydrogen) atoms. The minimum atomic E-state index is -0.341. The van der Waals surface area contributed by atoms with E-state index in [9.17, 15) is 9.90 Å². The van der Waals surface area contributed by atoms with Crippen LogP contribution in [-0.4, -0.2) is 35.1 Å². The van der Waals surface area contributed by atoms with Gasteiger partial charge >= 0.3 is 0 Å². The van der Waals surface area contributed by atoms with E-state index in [0.717, 1.165) is 49.4 Å². The Labute approximate surface area is 173 Å². The highest BCUT2D eigenvalue weighted by Crippen LogP contribution is 2.23. The number of pyridine rings is 1. The molecule has 0 bridgehead atoms. The lowest BCUT2D eigenvalue weighted by molar-refractivity contribution is -0.118. The average Bonchev–Trinajstić information content (AvgIpc) is 3.25. The van der Waals surface area contributed by atoms with Gasteiger partial charge in [-0.3, -0.25) is 9.78 Å². The number of anilines is 2. The van der Waals surface area contributed by atoms with Gasteiger partial charge in [0.2, 0.25) is 5.91 Å². The summed E-state index contributed by atoms with van der Waals surface area (Å²) in [5.41, 5.74) is 3.38. The summed E-state index contributed by atoms with van der Waals surface area (Å²) in [7, 11) is 0. The molecule has 1 amide bonds. The highest BCUT2D eigenvalue weighted by molar-refractivity contribution is 5.95. The Morgan fingerprint density at radius 3 is 2.79 bits per heavy atom. The normalized spacial score (nSPS) is 14.8. The fraction of sp³-hybridized carbons (Fsp3) is 0.478. The maximum atomic E-state index is 13.0. The lowest BCUT2D eigenvalue weighted by Crippen LogP contribution is -2.40. The summed E-state index contributed by atoms with van der Waals surface area (Å²) in [6.07, 6.45) is 5.15. The number of aryl methyl sites for hydroxylation is 1. The molecule has 2 aromatic rings. The van der Waals surface area contributed by atoms with Crippen LogP contribution in [-0.2, 0) is 11.3 Å². The Morgan fingerprint density at radius 2 is 2.03 bits per heavy atom. The first-order chi connectivity index (χ1) is 14.1. The Kier molecular flexibility index (Phi) is 7.47. The number of aromatic hydroxyl groups is 1. The first-order valence-corrected chi connectivity index (χ1v) is 10.6. The van der Waals surface area contributed by atoms with Crippen LogP contribution in [0, 0.1) is 6.92 Å². The minimum Gasteiger partial charge on any atom is -0.506 e. The van der Waals surface area contributed by atoms with Crippen molar-refractivity contribution < 1.29 is 9.90 Å². The van der Waals surface area contributed by atoms with E-state index in [0.29, 0.717) is 12.2 Å². The van der Waals surface area contributed by atoms with Crippen molar-refractivity contribution in [3.05, 3.63) is 47.8 Å². The number of benzene rings is 1. The van der Waals surface area contributed by atoms with Gasteiger partial charge in [-0.15, -0.1) is 0 Å². The third-order valence-electron chi connectivity index (χ3n) is 5.35. The molecular weight excluding hydrogens is 364 g/mol. The lowest BCUT2D eigenvalue weighted by Gasteiger charge is -2.21. The van der Waals surface area contributed by atoms with Crippen molar-refractivity contribution in [2.75, 3.05) is 23.3 Å². The predicted octanol–water partition coefficient (Wildman–Crippen LogP) is 3.98. The molecule has 0 radical (unpaired) electrons. The molecule has 1 aliphatic heterocycles.